The van der Waals surface area contributed by atoms with Crippen LogP contribution in [0.25, 0.3) is 0 Å². The summed E-state index contributed by atoms with van der Waals surface area (Å²) in [6.07, 6.45) is 6.37. The minimum absolute atomic E-state index is 0.182. The van der Waals surface area contributed by atoms with Gasteiger partial charge in [-0.3, -0.25) is 0 Å². The van der Waals surface area contributed by atoms with Crippen LogP contribution in [0.1, 0.15) is 43.2 Å². The highest BCUT2D eigenvalue weighted by atomic mass is 16.4. The van der Waals surface area contributed by atoms with Crippen molar-refractivity contribution < 1.29 is 5.21 Å². The molecule has 0 unspecified atom stereocenters. The van der Waals surface area contributed by atoms with Gasteiger partial charge in [-0.2, -0.15) is 0 Å². The molecule has 1 fully saturated rings. The second-order valence-corrected chi connectivity index (χ2v) is 5.36. The Morgan fingerprint density at radius 3 is 2.63 bits per heavy atom. The van der Waals surface area contributed by atoms with E-state index in [1.54, 1.807) is 0 Å². The molecule has 0 bridgehead atoms. The molecule has 1 aliphatic rings. The Balaban J connectivity index is 2.36. The third-order valence-corrected chi connectivity index (χ3v) is 4.10. The van der Waals surface area contributed by atoms with Crippen LogP contribution in [0.4, 0.5) is 5.69 Å². The lowest BCUT2D eigenvalue weighted by molar-refractivity contribution is 0.318. The van der Waals surface area contributed by atoms with E-state index in [1.165, 1.54) is 32.1 Å². The molecule has 1 aromatic rings. The summed E-state index contributed by atoms with van der Waals surface area (Å²) in [5, 5.41) is 12.1. The average Bonchev–Trinajstić information content (AvgIpc) is 2.46. The van der Waals surface area contributed by atoms with Crippen LogP contribution < -0.4 is 10.6 Å². The Bertz CT molecular complexity index is 464. The zero-order valence-corrected chi connectivity index (χ0v) is 11.8. The quantitative estimate of drug-likeness (QED) is 0.380. The molecule has 0 aliphatic heterocycles. The lowest BCUT2D eigenvalue weighted by atomic mass is 9.93. The maximum atomic E-state index is 8.94. The van der Waals surface area contributed by atoms with Gasteiger partial charge in [0.2, 0.25) is 0 Å². The van der Waals surface area contributed by atoms with E-state index in [4.69, 9.17) is 10.9 Å². The lowest BCUT2D eigenvalue weighted by Gasteiger charge is -2.35. The van der Waals surface area contributed by atoms with E-state index in [1.807, 2.05) is 12.1 Å². The number of aryl methyl sites for hydroxylation is 1. The van der Waals surface area contributed by atoms with Gasteiger partial charge in [0.1, 0.15) is 0 Å². The number of nitrogens with zero attached hydrogens (tertiary/aromatic N) is 2. The molecule has 0 spiro atoms. The number of hydrogen-bond donors (Lipinski definition) is 2. The first kappa shape index (κ1) is 13.7. The van der Waals surface area contributed by atoms with Gasteiger partial charge >= 0.3 is 0 Å². The first-order chi connectivity index (χ1) is 9.15. The number of oxime groups is 1. The van der Waals surface area contributed by atoms with Crippen LogP contribution in [-0.2, 0) is 0 Å². The van der Waals surface area contributed by atoms with Crippen LogP contribution in [0.15, 0.2) is 23.4 Å². The molecule has 2 rings (SSSR count). The van der Waals surface area contributed by atoms with E-state index in [0.717, 1.165) is 16.8 Å². The summed E-state index contributed by atoms with van der Waals surface area (Å²) in [4.78, 5) is 2.31. The van der Waals surface area contributed by atoms with E-state index < -0.39 is 0 Å². The predicted octanol–water partition coefficient (Wildman–Crippen LogP) is 2.86. The van der Waals surface area contributed by atoms with E-state index >= 15 is 0 Å². The predicted molar refractivity (Wildman–Crippen MR) is 79.0 cm³/mol. The van der Waals surface area contributed by atoms with Crippen LogP contribution in [0.2, 0.25) is 0 Å². The molecule has 0 radical (unpaired) electrons. The molecule has 4 nitrogen and oxygen atoms in total. The highest BCUT2D eigenvalue weighted by Crippen LogP contribution is 2.30. The molecule has 0 aromatic heterocycles. The van der Waals surface area contributed by atoms with Crippen LogP contribution in [0.3, 0.4) is 0 Å². The first-order valence-electron chi connectivity index (χ1n) is 6.95. The smallest absolute Gasteiger partial charge is 0.172 e. The van der Waals surface area contributed by atoms with Crippen molar-refractivity contribution in [3.8, 4) is 0 Å². The van der Waals surface area contributed by atoms with Crippen molar-refractivity contribution in [1.82, 2.24) is 0 Å². The van der Waals surface area contributed by atoms with Crippen molar-refractivity contribution in [3.63, 3.8) is 0 Å². The van der Waals surface area contributed by atoms with Gasteiger partial charge in [-0.25, -0.2) is 0 Å². The summed E-state index contributed by atoms with van der Waals surface area (Å²) < 4.78 is 0. The Morgan fingerprint density at radius 1 is 1.32 bits per heavy atom. The first-order valence-corrected chi connectivity index (χ1v) is 6.95. The van der Waals surface area contributed by atoms with Gasteiger partial charge in [0.25, 0.3) is 0 Å². The second-order valence-electron chi connectivity index (χ2n) is 5.36. The zero-order chi connectivity index (χ0) is 13.8. The SMILES string of the molecule is Cc1cccc(/C(N)=N/O)c1N(C)C1CCCCC1. The lowest BCUT2D eigenvalue weighted by Crippen LogP contribution is -2.35. The Morgan fingerprint density at radius 2 is 2.00 bits per heavy atom. The minimum atomic E-state index is 0.182. The fourth-order valence-electron chi connectivity index (χ4n) is 3.04. The molecule has 3 N–H and O–H groups in total. The molecule has 104 valence electrons. The standard InChI is InChI=1S/C15H23N3O/c1-11-7-6-10-13(15(16)17-19)14(11)18(2)12-8-4-3-5-9-12/h6-7,10,12,19H,3-5,8-9H2,1-2H3,(H2,16,17). The van der Waals surface area contributed by atoms with Crippen LogP contribution in [0.5, 0.6) is 0 Å². The molecule has 1 aliphatic carbocycles. The van der Waals surface area contributed by atoms with Crippen molar-refractivity contribution in [2.24, 2.45) is 10.9 Å². The number of rotatable bonds is 3. The van der Waals surface area contributed by atoms with Crippen molar-refractivity contribution in [2.45, 2.75) is 45.1 Å². The van der Waals surface area contributed by atoms with Crippen molar-refractivity contribution >= 4 is 11.5 Å². The maximum absolute atomic E-state index is 8.94. The summed E-state index contributed by atoms with van der Waals surface area (Å²) in [5.74, 6) is 0.182. The molecule has 4 heteroatoms. The summed E-state index contributed by atoms with van der Waals surface area (Å²) in [6, 6.07) is 6.49. The van der Waals surface area contributed by atoms with Crippen LogP contribution >= 0.6 is 0 Å². The van der Waals surface area contributed by atoms with E-state index in [0.29, 0.717) is 6.04 Å². The summed E-state index contributed by atoms with van der Waals surface area (Å²) in [7, 11) is 2.12. The van der Waals surface area contributed by atoms with Gasteiger partial charge in [-0.15, -0.1) is 0 Å². The molecule has 1 aromatic carbocycles. The second kappa shape index (κ2) is 5.95. The number of hydrogen-bond acceptors (Lipinski definition) is 3. The van der Waals surface area contributed by atoms with Crippen molar-refractivity contribution in [1.29, 1.82) is 0 Å². The topological polar surface area (TPSA) is 61.9 Å². The fourth-order valence-corrected chi connectivity index (χ4v) is 3.04. The zero-order valence-electron chi connectivity index (χ0n) is 11.8. The molecular formula is C15H23N3O. The normalized spacial score (nSPS) is 17.5. The Hall–Kier alpha value is -1.71. The molecule has 0 saturated heterocycles. The highest BCUT2D eigenvalue weighted by Gasteiger charge is 2.22. The summed E-state index contributed by atoms with van der Waals surface area (Å²) in [5.41, 5.74) is 8.87. The van der Waals surface area contributed by atoms with Crippen LogP contribution in [0, 0.1) is 6.92 Å². The van der Waals surface area contributed by atoms with E-state index in [9.17, 15) is 0 Å². The van der Waals surface area contributed by atoms with Gasteiger partial charge in [0, 0.05) is 18.7 Å². The largest absolute Gasteiger partial charge is 0.409 e. The third-order valence-electron chi connectivity index (χ3n) is 4.10. The number of anilines is 1. The maximum Gasteiger partial charge on any atom is 0.172 e. The molecule has 0 amide bonds. The average molecular weight is 261 g/mol. The monoisotopic (exact) mass is 261 g/mol. The summed E-state index contributed by atoms with van der Waals surface area (Å²) >= 11 is 0. The Kier molecular flexibility index (Phi) is 4.30. The number of benzene rings is 1. The van der Waals surface area contributed by atoms with Gasteiger partial charge in [0.15, 0.2) is 5.84 Å². The Labute approximate surface area is 114 Å². The van der Waals surface area contributed by atoms with Crippen molar-refractivity contribution in [3.05, 3.63) is 29.3 Å². The van der Waals surface area contributed by atoms with E-state index in [2.05, 4.69) is 30.1 Å². The molecule has 0 heterocycles. The molecule has 0 atom stereocenters. The third kappa shape index (κ3) is 2.83. The highest BCUT2D eigenvalue weighted by molar-refractivity contribution is 6.02. The molecule has 1 saturated carbocycles. The minimum Gasteiger partial charge on any atom is -0.409 e. The fraction of sp³-hybridized carbons (Fsp3) is 0.533. The number of nitrogens with two attached hydrogens (primary N) is 1. The number of amidine groups is 1. The number of para-hydroxylation sites is 1. The molecular weight excluding hydrogens is 238 g/mol. The van der Waals surface area contributed by atoms with Gasteiger partial charge < -0.3 is 15.8 Å². The van der Waals surface area contributed by atoms with Crippen LogP contribution in [-0.4, -0.2) is 24.1 Å². The van der Waals surface area contributed by atoms with Crippen molar-refractivity contribution in [2.75, 3.05) is 11.9 Å². The summed E-state index contributed by atoms with van der Waals surface area (Å²) in [6.45, 7) is 2.07. The van der Waals surface area contributed by atoms with Gasteiger partial charge in [-0.1, -0.05) is 36.6 Å². The van der Waals surface area contributed by atoms with Gasteiger partial charge in [-0.05, 0) is 31.4 Å². The van der Waals surface area contributed by atoms with E-state index in [-0.39, 0.29) is 5.84 Å². The van der Waals surface area contributed by atoms with Gasteiger partial charge in [0.05, 0.1) is 5.69 Å². The molecule has 19 heavy (non-hydrogen) atoms.